The Morgan fingerprint density at radius 1 is 1.21 bits per heavy atom. The Hall–Kier alpha value is -2.04. The maximum absolute atomic E-state index is 13.9. The van der Waals surface area contributed by atoms with E-state index in [2.05, 4.69) is 15.3 Å². The second kappa shape index (κ2) is 5.30. The van der Waals surface area contributed by atoms with Crippen LogP contribution in [0, 0.1) is 18.6 Å². The Morgan fingerprint density at radius 2 is 1.95 bits per heavy atom. The third kappa shape index (κ3) is 2.41. The molecule has 0 saturated carbocycles. The van der Waals surface area contributed by atoms with Gasteiger partial charge in [0.25, 0.3) is 0 Å². The van der Waals surface area contributed by atoms with Gasteiger partial charge in [-0.05, 0) is 19.1 Å². The smallest absolute Gasteiger partial charge is 0.168 e. The lowest BCUT2D eigenvalue weighted by Gasteiger charge is -2.12. The molecule has 0 spiro atoms. The van der Waals surface area contributed by atoms with Crippen molar-refractivity contribution in [3.8, 4) is 11.3 Å². The number of benzene rings is 1. The van der Waals surface area contributed by atoms with Gasteiger partial charge in [-0.25, -0.2) is 18.7 Å². The first-order chi connectivity index (χ1) is 9.08. The fourth-order valence-electron chi connectivity index (χ4n) is 1.91. The van der Waals surface area contributed by atoms with Crippen molar-refractivity contribution in [3.05, 3.63) is 41.2 Å². The number of anilines is 1. The zero-order valence-corrected chi connectivity index (χ0v) is 11.1. The minimum atomic E-state index is -0.881. The maximum Gasteiger partial charge on any atom is 0.168 e. The molecule has 0 atom stereocenters. The standard InChI is InChI=1S/C14H15F2N3/c1-4-11-18-13(8(2)14(17-3)19-11)9-6-5-7-10(15)12(9)16/h5-7H,4H2,1-3H3,(H,17,18,19). The summed E-state index contributed by atoms with van der Waals surface area (Å²) in [4.78, 5) is 8.62. The van der Waals surface area contributed by atoms with E-state index >= 15 is 0 Å². The highest BCUT2D eigenvalue weighted by Crippen LogP contribution is 2.28. The number of hydrogen-bond donors (Lipinski definition) is 1. The van der Waals surface area contributed by atoms with Crippen LogP contribution in [-0.2, 0) is 6.42 Å². The lowest BCUT2D eigenvalue weighted by Crippen LogP contribution is -2.05. The Labute approximate surface area is 110 Å². The molecule has 2 aromatic rings. The zero-order chi connectivity index (χ0) is 14.0. The zero-order valence-electron chi connectivity index (χ0n) is 11.1. The van der Waals surface area contributed by atoms with Gasteiger partial charge < -0.3 is 5.32 Å². The molecule has 3 nitrogen and oxygen atoms in total. The van der Waals surface area contributed by atoms with Crippen molar-refractivity contribution >= 4 is 5.82 Å². The fourth-order valence-corrected chi connectivity index (χ4v) is 1.91. The molecule has 100 valence electrons. The topological polar surface area (TPSA) is 37.8 Å². The lowest BCUT2D eigenvalue weighted by molar-refractivity contribution is 0.511. The van der Waals surface area contributed by atoms with E-state index in [9.17, 15) is 8.78 Å². The van der Waals surface area contributed by atoms with E-state index in [4.69, 9.17) is 0 Å². The van der Waals surface area contributed by atoms with Crippen molar-refractivity contribution in [2.45, 2.75) is 20.3 Å². The first-order valence-electron chi connectivity index (χ1n) is 6.08. The third-order valence-electron chi connectivity index (χ3n) is 2.95. The van der Waals surface area contributed by atoms with Crippen LogP contribution in [0.3, 0.4) is 0 Å². The first-order valence-corrected chi connectivity index (χ1v) is 6.08. The van der Waals surface area contributed by atoms with Gasteiger partial charge in [-0.1, -0.05) is 13.0 Å². The molecule has 2 rings (SSSR count). The van der Waals surface area contributed by atoms with Crippen molar-refractivity contribution in [1.82, 2.24) is 9.97 Å². The molecule has 1 N–H and O–H groups in total. The van der Waals surface area contributed by atoms with Gasteiger partial charge in [-0.15, -0.1) is 0 Å². The van der Waals surface area contributed by atoms with Crippen molar-refractivity contribution in [2.24, 2.45) is 0 Å². The van der Waals surface area contributed by atoms with Gasteiger partial charge in [-0.2, -0.15) is 0 Å². The normalized spacial score (nSPS) is 10.6. The van der Waals surface area contributed by atoms with E-state index in [0.29, 0.717) is 29.3 Å². The second-order valence-corrected chi connectivity index (χ2v) is 4.17. The van der Waals surface area contributed by atoms with Crippen LogP contribution >= 0.6 is 0 Å². The molecule has 0 amide bonds. The van der Waals surface area contributed by atoms with Crippen molar-refractivity contribution < 1.29 is 8.78 Å². The molecule has 0 unspecified atom stereocenters. The molecule has 0 aliphatic heterocycles. The predicted octanol–water partition coefficient (Wildman–Crippen LogP) is 3.33. The van der Waals surface area contributed by atoms with E-state index in [1.807, 2.05) is 6.92 Å². The highest BCUT2D eigenvalue weighted by atomic mass is 19.2. The van der Waals surface area contributed by atoms with Crippen LogP contribution in [0.4, 0.5) is 14.6 Å². The Kier molecular flexibility index (Phi) is 3.74. The molecule has 0 aliphatic rings. The molecular weight excluding hydrogens is 248 g/mol. The lowest BCUT2D eigenvalue weighted by atomic mass is 10.1. The summed E-state index contributed by atoms with van der Waals surface area (Å²) in [6, 6.07) is 4.08. The summed E-state index contributed by atoms with van der Waals surface area (Å²) >= 11 is 0. The number of aryl methyl sites for hydroxylation is 1. The quantitative estimate of drug-likeness (QED) is 0.923. The van der Waals surface area contributed by atoms with Crippen molar-refractivity contribution in [1.29, 1.82) is 0 Å². The van der Waals surface area contributed by atoms with Gasteiger partial charge in [0, 0.05) is 24.6 Å². The summed E-state index contributed by atoms with van der Waals surface area (Å²) in [5.41, 5.74) is 1.28. The molecule has 19 heavy (non-hydrogen) atoms. The van der Waals surface area contributed by atoms with Gasteiger partial charge >= 0.3 is 0 Å². The van der Waals surface area contributed by atoms with E-state index in [0.717, 1.165) is 6.07 Å². The van der Waals surface area contributed by atoms with Gasteiger partial charge in [0.15, 0.2) is 11.6 Å². The van der Waals surface area contributed by atoms with Crippen molar-refractivity contribution in [3.63, 3.8) is 0 Å². The number of aromatic nitrogens is 2. The largest absolute Gasteiger partial charge is 0.373 e. The Balaban J connectivity index is 2.70. The van der Waals surface area contributed by atoms with Crippen LogP contribution in [0.15, 0.2) is 18.2 Å². The molecule has 0 aliphatic carbocycles. The number of halogens is 2. The van der Waals surface area contributed by atoms with Gasteiger partial charge in [0.1, 0.15) is 11.6 Å². The highest BCUT2D eigenvalue weighted by Gasteiger charge is 2.16. The summed E-state index contributed by atoms with van der Waals surface area (Å²) in [6.07, 6.45) is 0.624. The minimum absolute atomic E-state index is 0.158. The summed E-state index contributed by atoms with van der Waals surface area (Å²) in [6.45, 7) is 3.70. The minimum Gasteiger partial charge on any atom is -0.373 e. The number of rotatable bonds is 3. The molecule has 0 radical (unpaired) electrons. The molecule has 1 aromatic carbocycles. The second-order valence-electron chi connectivity index (χ2n) is 4.17. The van der Waals surface area contributed by atoms with Crippen LogP contribution in [-0.4, -0.2) is 17.0 Å². The molecular formula is C14H15F2N3. The van der Waals surface area contributed by atoms with E-state index in [1.165, 1.54) is 12.1 Å². The fraction of sp³-hybridized carbons (Fsp3) is 0.286. The first kappa shape index (κ1) is 13.4. The van der Waals surface area contributed by atoms with E-state index in [-0.39, 0.29) is 5.56 Å². The van der Waals surface area contributed by atoms with Gasteiger partial charge in [0.05, 0.1) is 5.69 Å². The Morgan fingerprint density at radius 3 is 2.58 bits per heavy atom. The third-order valence-corrected chi connectivity index (χ3v) is 2.95. The van der Waals surface area contributed by atoms with Crippen molar-refractivity contribution in [2.75, 3.05) is 12.4 Å². The number of nitrogens with one attached hydrogen (secondary N) is 1. The molecule has 0 bridgehead atoms. The molecule has 0 fully saturated rings. The van der Waals surface area contributed by atoms with E-state index in [1.54, 1.807) is 14.0 Å². The highest BCUT2D eigenvalue weighted by molar-refractivity contribution is 5.68. The Bertz CT molecular complexity index is 612. The average Bonchev–Trinajstić information content (AvgIpc) is 2.42. The predicted molar refractivity (Wildman–Crippen MR) is 71.0 cm³/mol. The molecule has 1 aromatic heterocycles. The van der Waals surface area contributed by atoms with Gasteiger partial charge in [-0.3, -0.25) is 0 Å². The summed E-state index contributed by atoms with van der Waals surface area (Å²) < 4.78 is 27.2. The molecule has 1 heterocycles. The van der Waals surface area contributed by atoms with Crippen LogP contribution in [0.2, 0.25) is 0 Å². The monoisotopic (exact) mass is 263 g/mol. The van der Waals surface area contributed by atoms with Crippen LogP contribution in [0.25, 0.3) is 11.3 Å². The summed E-state index contributed by atoms with van der Waals surface area (Å²) in [5.74, 6) is -0.535. The number of nitrogens with zero attached hydrogens (tertiary/aromatic N) is 2. The average molecular weight is 263 g/mol. The number of hydrogen-bond acceptors (Lipinski definition) is 3. The maximum atomic E-state index is 13.9. The van der Waals surface area contributed by atoms with Crippen LogP contribution in [0.1, 0.15) is 18.3 Å². The molecule has 5 heteroatoms. The summed E-state index contributed by atoms with van der Waals surface area (Å²) in [7, 11) is 1.74. The summed E-state index contributed by atoms with van der Waals surface area (Å²) in [5, 5.41) is 2.95. The van der Waals surface area contributed by atoms with Crippen LogP contribution < -0.4 is 5.32 Å². The van der Waals surface area contributed by atoms with Crippen LogP contribution in [0.5, 0.6) is 0 Å². The van der Waals surface area contributed by atoms with E-state index < -0.39 is 11.6 Å². The SMILES string of the molecule is CCc1nc(NC)c(C)c(-c2cccc(F)c2F)n1. The van der Waals surface area contributed by atoms with Gasteiger partial charge in [0.2, 0.25) is 0 Å². The molecule has 0 saturated heterocycles.